The number of likely N-dealkylation sites (tertiary alicyclic amines) is 1. The van der Waals surface area contributed by atoms with E-state index >= 15 is 0 Å². The molecule has 106 valence electrons. The number of amides is 1. The van der Waals surface area contributed by atoms with Gasteiger partial charge in [0.05, 0.1) is 0 Å². The van der Waals surface area contributed by atoms with Gasteiger partial charge in [-0.25, -0.2) is 0 Å². The van der Waals surface area contributed by atoms with E-state index in [0.29, 0.717) is 6.04 Å². The summed E-state index contributed by atoms with van der Waals surface area (Å²) in [6.45, 7) is 5.16. The Bertz CT molecular complexity index is 347. The van der Waals surface area contributed by atoms with Crippen molar-refractivity contribution in [1.29, 1.82) is 0 Å². The predicted molar refractivity (Wildman–Crippen MR) is 79.4 cm³/mol. The maximum absolute atomic E-state index is 12.3. The molecule has 0 saturated carbocycles. The van der Waals surface area contributed by atoms with Crippen LogP contribution in [0.15, 0.2) is 12.2 Å². The number of thioether (sulfide) groups is 1. The third-order valence-corrected chi connectivity index (χ3v) is 5.33. The number of carbonyl (C=O) groups excluding carboxylic acids is 1. The van der Waals surface area contributed by atoms with Gasteiger partial charge in [-0.05, 0) is 12.8 Å². The molecule has 3 heterocycles. The van der Waals surface area contributed by atoms with Gasteiger partial charge in [-0.1, -0.05) is 12.2 Å². The lowest BCUT2D eigenvalue weighted by molar-refractivity contribution is -0.133. The summed E-state index contributed by atoms with van der Waals surface area (Å²) in [6, 6.07) is 0.639. The Morgan fingerprint density at radius 1 is 1.16 bits per heavy atom. The van der Waals surface area contributed by atoms with E-state index in [1.165, 1.54) is 24.6 Å². The van der Waals surface area contributed by atoms with Crippen LogP contribution in [0.25, 0.3) is 0 Å². The third kappa shape index (κ3) is 3.15. The smallest absolute Gasteiger partial charge is 0.243 e. The van der Waals surface area contributed by atoms with Gasteiger partial charge in [0, 0.05) is 50.3 Å². The summed E-state index contributed by atoms with van der Waals surface area (Å²) in [5.41, 5.74) is 0. The SMILES string of the molecule is O=C([C@@H]1C=CCN1)N1CCC(N2CCSCC2)CC1. The number of carbonyl (C=O) groups is 1. The molecule has 0 aliphatic carbocycles. The Labute approximate surface area is 119 Å². The van der Waals surface area contributed by atoms with Crippen LogP contribution in [0.4, 0.5) is 0 Å². The number of piperidine rings is 1. The summed E-state index contributed by atoms with van der Waals surface area (Å²) in [5.74, 6) is 2.81. The van der Waals surface area contributed by atoms with Crippen LogP contribution in [0.1, 0.15) is 12.8 Å². The predicted octanol–water partition coefficient (Wildman–Crippen LogP) is 0.554. The van der Waals surface area contributed by atoms with Crippen molar-refractivity contribution < 1.29 is 4.79 Å². The first-order valence-electron chi connectivity index (χ1n) is 7.35. The van der Waals surface area contributed by atoms with E-state index in [-0.39, 0.29) is 11.9 Å². The van der Waals surface area contributed by atoms with Gasteiger partial charge in [-0.15, -0.1) is 0 Å². The largest absolute Gasteiger partial charge is 0.341 e. The highest BCUT2D eigenvalue weighted by Gasteiger charge is 2.30. The van der Waals surface area contributed by atoms with Crippen LogP contribution >= 0.6 is 11.8 Å². The lowest BCUT2D eigenvalue weighted by Crippen LogP contribution is -2.52. The highest BCUT2D eigenvalue weighted by atomic mass is 32.2. The highest BCUT2D eigenvalue weighted by Crippen LogP contribution is 2.21. The van der Waals surface area contributed by atoms with E-state index in [0.717, 1.165) is 32.5 Å². The highest BCUT2D eigenvalue weighted by molar-refractivity contribution is 7.99. The molecule has 4 nitrogen and oxygen atoms in total. The first-order chi connectivity index (χ1) is 9.34. The van der Waals surface area contributed by atoms with Crippen molar-refractivity contribution in [3.05, 3.63) is 12.2 Å². The molecule has 0 spiro atoms. The second kappa shape index (κ2) is 6.29. The molecular weight excluding hydrogens is 258 g/mol. The maximum Gasteiger partial charge on any atom is 0.243 e. The standard InChI is InChI=1S/C14H23N3OS/c18-14(13-2-1-5-15-13)17-6-3-12(4-7-17)16-8-10-19-11-9-16/h1-2,12-13,15H,3-11H2/t13-/m0/s1. The molecular formula is C14H23N3OS. The molecule has 0 aromatic carbocycles. The van der Waals surface area contributed by atoms with Crippen molar-refractivity contribution in [3.63, 3.8) is 0 Å². The summed E-state index contributed by atoms with van der Waals surface area (Å²) in [4.78, 5) is 17.0. The van der Waals surface area contributed by atoms with Crippen molar-refractivity contribution in [2.45, 2.75) is 24.9 Å². The monoisotopic (exact) mass is 281 g/mol. The van der Waals surface area contributed by atoms with Gasteiger partial charge >= 0.3 is 0 Å². The quantitative estimate of drug-likeness (QED) is 0.750. The molecule has 3 rings (SSSR count). The van der Waals surface area contributed by atoms with Gasteiger partial charge in [0.25, 0.3) is 0 Å². The summed E-state index contributed by atoms with van der Waals surface area (Å²) < 4.78 is 0. The molecule has 2 saturated heterocycles. The van der Waals surface area contributed by atoms with Crippen LogP contribution in [0, 0.1) is 0 Å². The minimum Gasteiger partial charge on any atom is -0.341 e. The average Bonchev–Trinajstić information content (AvgIpc) is 3.02. The van der Waals surface area contributed by atoms with E-state index < -0.39 is 0 Å². The third-order valence-electron chi connectivity index (χ3n) is 4.39. The summed E-state index contributed by atoms with van der Waals surface area (Å²) in [5, 5.41) is 3.21. The molecule has 0 aromatic rings. The van der Waals surface area contributed by atoms with E-state index in [1.54, 1.807) is 0 Å². The molecule has 0 radical (unpaired) electrons. The van der Waals surface area contributed by atoms with Crippen molar-refractivity contribution in [2.75, 3.05) is 44.2 Å². The number of nitrogens with zero attached hydrogens (tertiary/aromatic N) is 2. The minimum atomic E-state index is -0.0667. The molecule has 0 aromatic heterocycles. The van der Waals surface area contributed by atoms with Gasteiger partial charge in [-0.2, -0.15) is 11.8 Å². The Hall–Kier alpha value is -0.520. The molecule has 2 fully saturated rings. The zero-order valence-corrected chi connectivity index (χ0v) is 12.2. The maximum atomic E-state index is 12.3. The fourth-order valence-electron chi connectivity index (χ4n) is 3.23. The van der Waals surface area contributed by atoms with Crippen LogP contribution in [0.3, 0.4) is 0 Å². The minimum absolute atomic E-state index is 0.0667. The lowest BCUT2D eigenvalue weighted by atomic mass is 10.0. The van der Waals surface area contributed by atoms with Gasteiger partial charge < -0.3 is 4.90 Å². The summed E-state index contributed by atoms with van der Waals surface area (Å²) in [7, 11) is 0. The fourth-order valence-corrected chi connectivity index (χ4v) is 4.16. The number of hydrogen-bond acceptors (Lipinski definition) is 4. The van der Waals surface area contributed by atoms with E-state index in [9.17, 15) is 4.79 Å². The molecule has 3 aliphatic rings. The van der Waals surface area contributed by atoms with Gasteiger partial charge in [0.15, 0.2) is 0 Å². The van der Waals surface area contributed by atoms with Crippen molar-refractivity contribution in [3.8, 4) is 0 Å². The molecule has 1 atom stereocenters. The zero-order valence-electron chi connectivity index (χ0n) is 11.4. The topological polar surface area (TPSA) is 35.6 Å². The number of hydrogen-bond donors (Lipinski definition) is 1. The van der Waals surface area contributed by atoms with Crippen LogP contribution < -0.4 is 5.32 Å². The average molecular weight is 281 g/mol. The van der Waals surface area contributed by atoms with E-state index in [2.05, 4.69) is 22.0 Å². The van der Waals surface area contributed by atoms with Crippen molar-refractivity contribution >= 4 is 17.7 Å². The van der Waals surface area contributed by atoms with Gasteiger partial charge in [-0.3, -0.25) is 15.0 Å². The van der Waals surface area contributed by atoms with E-state index in [1.807, 2.05) is 17.1 Å². The molecule has 1 N–H and O–H groups in total. The zero-order chi connectivity index (χ0) is 13.1. The van der Waals surface area contributed by atoms with Gasteiger partial charge in [0.1, 0.15) is 6.04 Å². The molecule has 5 heteroatoms. The molecule has 3 aliphatic heterocycles. The molecule has 19 heavy (non-hydrogen) atoms. The second-order valence-corrected chi connectivity index (χ2v) is 6.74. The Kier molecular flexibility index (Phi) is 4.45. The summed E-state index contributed by atoms with van der Waals surface area (Å²) in [6.07, 6.45) is 6.33. The Morgan fingerprint density at radius 2 is 1.89 bits per heavy atom. The van der Waals surface area contributed by atoms with Crippen molar-refractivity contribution in [2.24, 2.45) is 0 Å². The number of nitrogens with one attached hydrogen (secondary N) is 1. The number of rotatable bonds is 2. The van der Waals surface area contributed by atoms with E-state index in [4.69, 9.17) is 0 Å². The van der Waals surface area contributed by atoms with Crippen LogP contribution in [0.2, 0.25) is 0 Å². The summed E-state index contributed by atoms with van der Waals surface area (Å²) >= 11 is 2.06. The first kappa shape index (κ1) is 13.5. The van der Waals surface area contributed by atoms with Crippen molar-refractivity contribution in [1.82, 2.24) is 15.1 Å². The van der Waals surface area contributed by atoms with Gasteiger partial charge in [0.2, 0.25) is 5.91 Å². The second-order valence-electron chi connectivity index (χ2n) is 5.52. The normalized spacial score (nSPS) is 29.9. The van der Waals surface area contributed by atoms with Crippen LogP contribution in [0.5, 0.6) is 0 Å². The molecule has 0 bridgehead atoms. The van der Waals surface area contributed by atoms with Crippen LogP contribution in [-0.4, -0.2) is 72.0 Å². The lowest BCUT2D eigenvalue weighted by Gasteiger charge is -2.40. The van der Waals surface area contributed by atoms with Crippen LogP contribution in [-0.2, 0) is 4.79 Å². The Balaban J connectivity index is 1.48. The first-order valence-corrected chi connectivity index (χ1v) is 8.51. The molecule has 1 amide bonds. The Morgan fingerprint density at radius 3 is 2.53 bits per heavy atom. The molecule has 0 unspecified atom stereocenters. The fraction of sp³-hybridized carbons (Fsp3) is 0.786.